The van der Waals surface area contributed by atoms with Crippen LogP contribution in [0.5, 0.6) is 0 Å². The summed E-state index contributed by atoms with van der Waals surface area (Å²) in [5, 5.41) is 15.2. The van der Waals surface area contributed by atoms with E-state index in [4.69, 9.17) is 5.26 Å². The first-order valence-corrected chi connectivity index (χ1v) is 5.82. The summed E-state index contributed by atoms with van der Waals surface area (Å²) in [6.07, 6.45) is 0. The lowest BCUT2D eigenvalue weighted by Gasteiger charge is -2.07. The number of nitrogens with one attached hydrogen (secondary N) is 2. The molecule has 0 aliphatic heterocycles. The highest BCUT2D eigenvalue weighted by molar-refractivity contribution is 5.50. The van der Waals surface area contributed by atoms with Gasteiger partial charge in [0, 0.05) is 25.0 Å². The monoisotopic (exact) mass is 237 g/mol. The van der Waals surface area contributed by atoms with E-state index in [1.165, 1.54) is 5.56 Å². The quantitative estimate of drug-likeness (QED) is 0.858. The summed E-state index contributed by atoms with van der Waals surface area (Å²) in [6.45, 7) is 0.749. The summed E-state index contributed by atoms with van der Waals surface area (Å²) in [5.41, 5.74) is 3.94. The molecule has 90 valence electrons. The van der Waals surface area contributed by atoms with E-state index < -0.39 is 0 Å². The lowest BCUT2D eigenvalue weighted by molar-refractivity contribution is 1.15. The van der Waals surface area contributed by atoms with Crippen molar-refractivity contribution in [2.45, 2.75) is 6.54 Å². The van der Waals surface area contributed by atoms with E-state index in [0.29, 0.717) is 5.56 Å². The fourth-order valence-electron chi connectivity index (χ4n) is 1.69. The molecule has 0 spiro atoms. The van der Waals surface area contributed by atoms with E-state index >= 15 is 0 Å². The maximum absolute atomic E-state index is 8.82. The number of benzene rings is 2. The molecule has 0 heterocycles. The summed E-state index contributed by atoms with van der Waals surface area (Å²) in [7, 11) is 1.90. The molecule has 0 saturated carbocycles. The molecule has 0 radical (unpaired) electrons. The molecule has 0 aromatic heterocycles. The Morgan fingerprint density at radius 1 is 1.06 bits per heavy atom. The van der Waals surface area contributed by atoms with Crippen molar-refractivity contribution in [1.29, 1.82) is 5.26 Å². The van der Waals surface area contributed by atoms with Gasteiger partial charge in [0.15, 0.2) is 0 Å². The van der Waals surface area contributed by atoms with E-state index in [1.54, 1.807) is 6.07 Å². The van der Waals surface area contributed by atoms with Crippen molar-refractivity contribution in [3.63, 3.8) is 0 Å². The Labute approximate surface area is 107 Å². The van der Waals surface area contributed by atoms with E-state index in [2.05, 4.69) is 28.8 Å². The summed E-state index contributed by atoms with van der Waals surface area (Å²) >= 11 is 0. The lowest BCUT2D eigenvalue weighted by atomic mass is 10.2. The van der Waals surface area contributed by atoms with Gasteiger partial charge in [-0.3, -0.25) is 0 Å². The average Bonchev–Trinajstić information content (AvgIpc) is 2.46. The van der Waals surface area contributed by atoms with Gasteiger partial charge in [-0.1, -0.05) is 18.2 Å². The smallest absolute Gasteiger partial charge is 0.0992 e. The Bertz CT molecular complexity index is 553. The number of hydrogen-bond donors (Lipinski definition) is 2. The minimum atomic E-state index is 0.672. The highest BCUT2D eigenvalue weighted by Gasteiger charge is 1.96. The first-order chi connectivity index (χ1) is 8.81. The van der Waals surface area contributed by atoms with Crippen molar-refractivity contribution >= 4 is 11.4 Å². The largest absolute Gasteiger partial charge is 0.388 e. The van der Waals surface area contributed by atoms with Crippen molar-refractivity contribution in [2.75, 3.05) is 17.7 Å². The highest BCUT2D eigenvalue weighted by atomic mass is 14.9. The number of nitriles is 1. The van der Waals surface area contributed by atoms with E-state index in [9.17, 15) is 0 Å². The molecule has 0 unspecified atom stereocenters. The maximum Gasteiger partial charge on any atom is 0.0992 e. The third kappa shape index (κ3) is 3.02. The van der Waals surface area contributed by atoms with Gasteiger partial charge in [-0.05, 0) is 35.9 Å². The zero-order valence-corrected chi connectivity index (χ0v) is 10.3. The van der Waals surface area contributed by atoms with Gasteiger partial charge in [-0.15, -0.1) is 0 Å². The van der Waals surface area contributed by atoms with Crippen LogP contribution < -0.4 is 10.6 Å². The van der Waals surface area contributed by atoms with Crippen LogP contribution in [0.3, 0.4) is 0 Å². The van der Waals surface area contributed by atoms with Crippen LogP contribution in [0.25, 0.3) is 0 Å². The molecule has 2 aromatic rings. The zero-order valence-electron chi connectivity index (χ0n) is 10.3. The van der Waals surface area contributed by atoms with Crippen LogP contribution in [0, 0.1) is 11.3 Å². The van der Waals surface area contributed by atoms with E-state index in [-0.39, 0.29) is 0 Å². The standard InChI is InChI=1S/C15H15N3/c1-17-14-7-5-12(6-8-14)11-18-15-4-2-3-13(9-15)10-16/h2-9,17-18H,11H2,1H3. The number of anilines is 2. The molecule has 0 aliphatic rings. The average molecular weight is 237 g/mol. The van der Waals surface area contributed by atoms with Crippen molar-refractivity contribution < 1.29 is 0 Å². The van der Waals surface area contributed by atoms with Crippen LogP contribution in [-0.2, 0) is 6.54 Å². The summed E-state index contributed by atoms with van der Waals surface area (Å²) in [4.78, 5) is 0. The molecule has 2 rings (SSSR count). The van der Waals surface area contributed by atoms with Gasteiger partial charge < -0.3 is 10.6 Å². The van der Waals surface area contributed by atoms with Gasteiger partial charge in [0.25, 0.3) is 0 Å². The minimum Gasteiger partial charge on any atom is -0.388 e. The zero-order chi connectivity index (χ0) is 12.8. The second kappa shape index (κ2) is 5.74. The van der Waals surface area contributed by atoms with Crippen LogP contribution in [0.2, 0.25) is 0 Å². The van der Waals surface area contributed by atoms with Crippen LogP contribution in [0.4, 0.5) is 11.4 Å². The minimum absolute atomic E-state index is 0.672. The Hall–Kier alpha value is -2.47. The third-order valence-electron chi connectivity index (χ3n) is 2.73. The second-order valence-electron chi connectivity index (χ2n) is 3.99. The lowest BCUT2D eigenvalue weighted by Crippen LogP contribution is -1.99. The van der Waals surface area contributed by atoms with Crippen molar-refractivity contribution in [2.24, 2.45) is 0 Å². The molecule has 0 amide bonds. The molecule has 0 atom stereocenters. The predicted molar refractivity (Wildman–Crippen MR) is 74.5 cm³/mol. The van der Waals surface area contributed by atoms with Gasteiger partial charge in [0.2, 0.25) is 0 Å². The van der Waals surface area contributed by atoms with E-state index in [1.807, 2.05) is 37.4 Å². The van der Waals surface area contributed by atoms with Crippen molar-refractivity contribution in [3.8, 4) is 6.07 Å². The fraction of sp³-hybridized carbons (Fsp3) is 0.133. The molecule has 0 fully saturated rings. The van der Waals surface area contributed by atoms with Crippen molar-refractivity contribution in [3.05, 3.63) is 59.7 Å². The first-order valence-electron chi connectivity index (χ1n) is 5.82. The topological polar surface area (TPSA) is 47.8 Å². The van der Waals surface area contributed by atoms with Crippen LogP contribution >= 0.6 is 0 Å². The van der Waals surface area contributed by atoms with Gasteiger partial charge >= 0.3 is 0 Å². The number of hydrogen-bond acceptors (Lipinski definition) is 3. The summed E-state index contributed by atoms with van der Waals surface area (Å²) in [5.74, 6) is 0. The molecular formula is C15H15N3. The molecule has 0 aliphatic carbocycles. The fourth-order valence-corrected chi connectivity index (χ4v) is 1.69. The SMILES string of the molecule is CNc1ccc(CNc2cccc(C#N)c2)cc1. The summed E-state index contributed by atoms with van der Waals surface area (Å²) in [6, 6.07) is 17.9. The molecule has 0 saturated heterocycles. The second-order valence-corrected chi connectivity index (χ2v) is 3.99. The normalized spacial score (nSPS) is 9.56. The molecule has 18 heavy (non-hydrogen) atoms. The molecule has 0 bridgehead atoms. The first kappa shape index (κ1) is 12.0. The predicted octanol–water partition coefficient (Wildman–Crippen LogP) is 3.21. The van der Waals surface area contributed by atoms with Crippen molar-refractivity contribution in [1.82, 2.24) is 0 Å². The molecule has 3 nitrogen and oxygen atoms in total. The number of rotatable bonds is 4. The van der Waals surface area contributed by atoms with Crippen LogP contribution in [0.1, 0.15) is 11.1 Å². The Balaban J connectivity index is 2.00. The van der Waals surface area contributed by atoms with Gasteiger partial charge in [-0.2, -0.15) is 5.26 Å². The molecule has 3 heteroatoms. The van der Waals surface area contributed by atoms with Crippen LogP contribution in [0.15, 0.2) is 48.5 Å². The number of nitrogens with zero attached hydrogens (tertiary/aromatic N) is 1. The molecule has 2 N–H and O–H groups in total. The maximum atomic E-state index is 8.82. The highest BCUT2D eigenvalue weighted by Crippen LogP contribution is 2.13. The molecular weight excluding hydrogens is 222 g/mol. The van der Waals surface area contributed by atoms with Gasteiger partial charge in [0.05, 0.1) is 11.6 Å². The Kier molecular flexibility index (Phi) is 3.83. The van der Waals surface area contributed by atoms with Gasteiger partial charge in [-0.25, -0.2) is 0 Å². The Morgan fingerprint density at radius 3 is 2.50 bits per heavy atom. The third-order valence-corrected chi connectivity index (χ3v) is 2.73. The summed E-state index contributed by atoms with van der Waals surface area (Å²) < 4.78 is 0. The van der Waals surface area contributed by atoms with E-state index in [0.717, 1.165) is 17.9 Å². The Morgan fingerprint density at radius 2 is 1.83 bits per heavy atom. The molecule has 2 aromatic carbocycles. The van der Waals surface area contributed by atoms with Gasteiger partial charge in [0.1, 0.15) is 0 Å². The van der Waals surface area contributed by atoms with Crippen LogP contribution in [-0.4, -0.2) is 7.05 Å².